The average molecular weight is 326 g/mol. The second-order valence-electron chi connectivity index (χ2n) is 5.52. The first kappa shape index (κ1) is 17.5. The number of aryl methyl sites for hydroxylation is 2. The van der Waals surface area contributed by atoms with Crippen LogP contribution < -0.4 is 15.6 Å². The van der Waals surface area contributed by atoms with Crippen LogP contribution >= 0.6 is 0 Å². The second kappa shape index (κ2) is 8.15. The van der Waals surface area contributed by atoms with Crippen LogP contribution in [0.3, 0.4) is 0 Å². The van der Waals surface area contributed by atoms with Crippen molar-refractivity contribution in [2.75, 3.05) is 0 Å². The number of nitrogens with one attached hydrogen (secondary N) is 2. The third-order valence-electron chi connectivity index (χ3n) is 3.70. The van der Waals surface area contributed by atoms with Gasteiger partial charge in [-0.3, -0.25) is 20.4 Å². The van der Waals surface area contributed by atoms with E-state index in [1.165, 1.54) is 5.56 Å². The molecule has 2 rings (SSSR count). The highest BCUT2D eigenvalue weighted by Crippen LogP contribution is 2.14. The summed E-state index contributed by atoms with van der Waals surface area (Å²) in [5.41, 5.74) is 7.35. The third-order valence-corrected chi connectivity index (χ3v) is 3.70. The van der Waals surface area contributed by atoms with Crippen LogP contribution in [0.2, 0.25) is 0 Å². The Hall–Kier alpha value is -2.82. The molecule has 2 amide bonds. The van der Waals surface area contributed by atoms with Crippen molar-refractivity contribution >= 4 is 11.8 Å². The Morgan fingerprint density at radius 1 is 1.04 bits per heavy atom. The highest BCUT2D eigenvalue weighted by Gasteiger charge is 2.16. The fraction of sp³-hybridized carbons (Fsp3) is 0.263. The van der Waals surface area contributed by atoms with E-state index in [1.54, 1.807) is 19.1 Å². The van der Waals surface area contributed by atoms with Crippen LogP contribution in [0.5, 0.6) is 5.75 Å². The van der Waals surface area contributed by atoms with Gasteiger partial charge in [0.15, 0.2) is 6.10 Å². The molecule has 24 heavy (non-hydrogen) atoms. The smallest absolute Gasteiger partial charge is 0.279 e. The lowest BCUT2D eigenvalue weighted by Gasteiger charge is -2.15. The zero-order valence-corrected chi connectivity index (χ0v) is 14.1. The van der Waals surface area contributed by atoms with Crippen molar-refractivity contribution < 1.29 is 14.3 Å². The van der Waals surface area contributed by atoms with Crippen molar-refractivity contribution in [3.05, 3.63) is 65.2 Å². The first-order valence-corrected chi connectivity index (χ1v) is 7.92. The van der Waals surface area contributed by atoms with Gasteiger partial charge in [0.2, 0.25) is 0 Å². The van der Waals surface area contributed by atoms with E-state index in [9.17, 15) is 9.59 Å². The molecule has 5 nitrogen and oxygen atoms in total. The van der Waals surface area contributed by atoms with Gasteiger partial charge >= 0.3 is 0 Å². The van der Waals surface area contributed by atoms with Gasteiger partial charge in [0.25, 0.3) is 11.8 Å². The number of hydrazine groups is 1. The summed E-state index contributed by atoms with van der Waals surface area (Å²) in [6, 6.07) is 14.7. The predicted molar refractivity (Wildman–Crippen MR) is 92.7 cm³/mol. The van der Waals surface area contributed by atoms with Crippen molar-refractivity contribution in [1.29, 1.82) is 0 Å². The number of hydrogen-bond acceptors (Lipinski definition) is 3. The number of rotatable bonds is 5. The molecule has 0 fully saturated rings. The van der Waals surface area contributed by atoms with E-state index < -0.39 is 12.0 Å². The quantitative estimate of drug-likeness (QED) is 0.830. The number of benzene rings is 2. The highest BCUT2D eigenvalue weighted by atomic mass is 16.5. The SMILES string of the molecule is CCc1ccc(O[C@H](C)C(=O)NNC(=O)c2ccccc2C)cc1. The molecule has 2 aromatic carbocycles. The molecule has 0 aliphatic heterocycles. The van der Waals surface area contributed by atoms with Crippen molar-refractivity contribution in [2.24, 2.45) is 0 Å². The maximum Gasteiger partial charge on any atom is 0.279 e. The summed E-state index contributed by atoms with van der Waals surface area (Å²) in [5, 5.41) is 0. The lowest BCUT2D eigenvalue weighted by molar-refractivity contribution is -0.128. The summed E-state index contributed by atoms with van der Waals surface area (Å²) >= 11 is 0. The average Bonchev–Trinajstić information content (AvgIpc) is 2.60. The minimum Gasteiger partial charge on any atom is -0.481 e. The van der Waals surface area contributed by atoms with Crippen LogP contribution in [-0.4, -0.2) is 17.9 Å². The molecule has 0 bridgehead atoms. The van der Waals surface area contributed by atoms with Crippen molar-refractivity contribution in [3.8, 4) is 5.75 Å². The Labute approximate surface area is 142 Å². The molecule has 0 saturated carbocycles. The van der Waals surface area contributed by atoms with Gasteiger partial charge in [-0.2, -0.15) is 0 Å². The number of ether oxygens (including phenoxy) is 1. The molecule has 0 aliphatic carbocycles. The first-order valence-electron chi connectivity index (χ1n) is 7.92. The van der Waals surface area contributed by atoms with E-state index in [4.69, 9.17) is 4.74 Å². The fourth-order valence-electron chi connectivity index (χ4n) is 2.18. The fourth-order valence-corrected chi connectivity index (χ4v) is 2.18. The maximum atomic E-state index is 12.1. The van der Waals surface area contributed by atoms with Gasteiger partial charge in [0, 0.05) is 5.56 Å². The Balaban J connectivity index is 1.87. The van der Waals surface area contributed by atoms with Crippen LogP contribution in [0.15, 0.2) is 48.5 Å². The van der Waals surface area contributed by atoms with Crippen molar-refractivity contribution in [2.45, 2.75) is 33.3 Å². The molecule has 0 aromatic heterocycles. The van der Waals surface area contributed by atoms with Crippen LogP contribution in [0.4, 0.5) is 0 Å². The van der Waals surface area contributed by atoms with Gasteiger partial charge in [0.1, 0.15) is 5.75 Å². The van der Waals surface area contributed by atoms with Gasteiger partial charge in [-0.05, 0) is 49.6 Å². The Kier molecular flexibility index (Phi) is 5.95. The molecule has 0 heterocycles. The molecule has 2 N–H and O–H groups in total. The molecule has 0 unspecified atom stereocenters. The number of hydrogen-bond donors (Lipinski definition) is 2. The minimum absolute atomic E-state index is 0.360. The Morgan fingerprint density at radius 2 is 1.71 bits per heavy atom. The van der Waals surface area contributed by atoms with Crippen LogP contribution in [-0.2, 0) is 11.2 Å². The number of amides is 2. The standard InChI is InChI=1S/C19H22N2O3/c1-4-15-9-11-16(12-10-15)24-14(3)18(22)20-21-19(23)17-8-6-5-7-13(17)2/h5-12,14H,4H2,1-3H3,(H,20,22)(H,21,23)/t14-/m1/s1. The number of carbonyl (C=O) groups excluding carboxylic acids is 2. The minimum atomic E-state index is -0.727. The zero-order valence-electron chi connectivity index (χ0n) is 14.1. The van der Waals surface area contributed by atoms with Gasteiger partial charge in [-0.15, -0.1) is 0 Å². The number of carbonyl (C=O) groups is 2. The first-order chi connectivity index (χ1) is 11.5. The summed E-state index contributed by atoms with van der Waals surface area (Å²) < 4.78 is 5.57. The van der Waals surface area contributed by atoms with E-state index in [-0.39, 0.29) is 5.91 Å². The molecule has 0 spiro atoms. The van der Waals surface area contributed by atoms with Gasteiger partial charge in [-0.25, -0.2) is 0 Å². The topological polar surface area (TPSA) is 67.4 Å². The predicted octanol–water partition coefficient (Wildman–Crippen LogP) is 2.79. The monoisotopic (exact) mass is 326 g/mol. The Morgan fingerprint density at radius 3 is 2.33 bits per heavy atom. The lowest BCUT2D eigenvalue weighted by Crippen LogP contribution is -2.47. The van der Waals surface area contributed by atoms with Crippen LogP contribution in [0.25, 0.3) is 0 Å². The third kappa shape index (κ3) is 4.59. The molecule has 0 aliphatic rings. The van der Waals surface area contributed by atoms with E-state index in [2.05, 4.69) is 17.8 Å². The molecular formula is C19H22N2O3. The molecule has 2 aromatic rings. The molecule has 126 valence electrons. The van der Waals surface area contributed by atoms with Crippen LogP contribution in [0.1, 0.15) is 35.3 Å². The Bertz CT molecular complexity index is 711. The van der Waals surface area contributed by atoms with Crippen molar-refractivity contribution in [3.63, 3.8) is 0 Å². The maximum absolute atomic E-state index is 12.1. The molecule has 0 radical (unpaired) electrons. The highest BCUT2D eigenvalue weighted by molar-refractivity contribution is 5.96. The summed E-state index contributed by atoms with van der Waals surface area (Å²) in [5.74, 6) is -0.169. The normalized spacial score (nSPS) is 11.5. The lowest BCUT2D eigenvalue weighted by atomic mass is 10.1. The molecule has 5 heteroatoms. The largest absolute Gasteiger partial charge is 0.481 e. The molecule has 1 atom stereocenters. The van der Waals surface area contributed by atoms with Crippen molar-refractivity contribution in [1.82, 2.24) is 10.9 Å². The summed E-state index contributed by atoms with van der Waals surface area (Å²) in [4.78, 5) is 24.1. The van der Waals surface area contributed by atoms with Gasteiger partial charge in [0.05, 0.1) is 0 Å². The summed E-state index contributed by atoms with van der Waals surface area (Å²) in [6.45, 7) is 5.54. The summed E-state index contributed by atoms with van der Waals surface area (Å²) in [7, 11) is 0. The van der Waals surface area contributed by atoms with Gasteiger partial charge < -0.3 is 4.74 Å². The van der Waals surface area contributed by atoms with Gasteiger partial charge in [-0.1, -0.05) is 37.3 Å². The second-order valence-corrected chi connectivity index (χ2v) is 5.52. The zero-order chi connectivity index (χ0) is 17.5. The van der Waals surface area contributed by atoms with Crippen LogP contribution in [0, 0.1) is 6.92 Å². The molecular weight excluding hydrogens is 304 g/mol. The van der Waals surface area contributed by atoms with E-state index in [0.29, 0.717) is 11.3 Å². The van der Waals surface area contributed by atoms with E-state index >= 15 is 0 Å². The molecule has 0 saturated heterocycles. The van der Waals surface area contributed by atoms with E-state index in [0.717, 1.165) is 12.0 Å². The van der Waals surface area contributed by atoms with E-state index in [1.807, 2.05) is 43.3 Å². The summed E-state index contributed by atoms with van der Waals surface area (Å²) in [6.07, 6.45) is 0.219.